The molecule has 0 atom stereocenters. The molecule has 2 aromatic rings. The molecule has 1 heterocycles. The molecule has 0 radical (unpaired) electrons. The van der Waals surface area contributed by atoms with Crippen LogP contribution in [-0.4, -0.2) is 15.6 Å². The summed E-state index contributed by atoms with van der Waals surface area (Å²) in [5, 5.41) is 8.97. The van der Waals surface area contributed by atoms with E-state index in [1.165, 1.54) is 18.2 Å². The fourth-order valence-electron chi connectivity index (χ4n) is 1.76. The zero-order chi connectivity index (χ0) is 14.2. The van der Waals surface area contributed by atoms with Crippen molar-refractivity contribution in [3.05, 3.63) is 62.8 Å². The fourth-order valence-corrected chi connectivity index (χ4v) is 2.01. The summed E-state index contributed by atoms with van der Waals surface area (Å²) in [5.74, 6) is -1.86. The van der Waals surface area contributed by atoms with Gasteiger partial charge in [-0.3, -0.25) is 9.36 Å². The molecule has 4 nitrogen and oxygen atoms in total. The lowest BCUT2D eigenvalue weighted by Gasteiger charge is -2.12. The van der Waals surface area contributed by atoms with Gasteiger partial charge in [-0.2, -0.15) is 0 Å². The van der Waals surface area contributed by atoms with Gasteiger partial charge in [0.25, 0.3) is 5.56 Å². The van der Waals surface area contributed by atoms with Gasteiger partial charge in [-0.05, 0) is 37.3 Å². The van der Waals surface area contributed by atoms with Crippen LogP contribution in [0.3, 0.4) is 0 Å². The smallest absolute Gasteiger partial charge is 0.341 e. The highest BCUT2D eigenvalue weighted by Crippen LogP contribution is 2.21. The van der Waals surface area contributed by atoms with E-state index < -0.39 is 17.3 Å². The minimum absolute atomic E-state index is 0.0349. The first-order chi connectivity index (χ1) is 8.91. The lowest BCUT2D eigenvalue weighted by Crippen LogP contribution is -2.26. The van der Waals surface area contributed by atoms with Crippen LogP contribution in [0.2, 0.25) is 5.02 Å². The van der Waals surface area contributed by atoms with Crippen LogP contribution in [0, 0.1) is 12.7 Å². The molecule has 2 rings (SSSR count). The summed E-state index contributed by atoms with van der Waals surface area (Å²) in [6, 6.07) is 6.27. The van der Waals surface area contributed by atoms with Gasteiger partial charge in [0.15, 0.2) is 0 Å². The molecule has 98 valence electrons. The summed E-state index contributed by atoms with van der Waals surface area (Å²) in [4.78, 5) is 23.0. The Morgan fingerprint density at radius 3 is 2.58 bits per heavy atom. The number of aromatic carboxylic acids is 1. The quantitative estimate of drug-likeness (QED) is 0.920. The van der Waals surface area contributed by atoms with Crippen molar-refractivity contribution in [2.24, 2.45) is 0 Å². The first-order valence-electron chi connectivity index (χ1n) is 5.33. The largest absolute Gasteiger partial charge is 0.477 e. The van der Waals surface area contributed by atoms with Crippen LogP contribution in [0.1, 0.15) is 16.1 Å². The van der Waals surface area contributed by atoms with E-state index >= 15 is 0 Å². The molecule has 0 aliphatic rings. The molecule has 0 saturated carbocycles. The molecule has 1 aromatic carbocycles. The number of pyridine rings is 1. The average molecular weight is 282 g/mol. The lowest BCUT2D eigenvalue weighted by molar-refractivity contribution is 0.0694. The van der Waals surface area contributed by atoms with Crippen molar-refractivity contribution in [1.29, 1.82) is 0 Å². The SMILES string of the molecule is Cc1ccc(C(=O)O)c(=O)n1-c1ccc(F)cc1Cl. The Labute approximate surface area is 112 Å². The topological polar surface area (TPSA) is 59.3 Å². The van der Waals surface area contributed by atoms with Crippen LogP contribution in [0.15, 0.2) is 35.1 Å². The van der Waals surface area contributed by atoms with E-state index in [2.05, 4.69) is 0 Å². The fraction of sp³-hybridized carbons (Fsp3) is 0.0769. The number of carboxylic acids is 1. The van der Waals surface area contributed by atoms with Gasteiger partial charge in [-0.15, -0.1) is 0 Å². The van der Waals surface area contributed by atoms with Crippen molar-refractivity contribution >= 4 is 17.6 Å². The van der Waals surface area contributed by atoms with Crippen molar-refractivity contribution in [3.8, 4) is 5.69 Å². The third-order valence-corrected chi connectivity index (χ3v) is 2.96. The molecular weight excluding hydrogens is 273 g/mol. The van der Waals surface area contributed by atoms with E-state index in [9.17, 15) is 14.0 Å². The van der Waals surface area contributed by atoms with E-state index in [-0.39, 0.29) is 16.3 Å². The molecule has 0 spiro atoms. The predicted octanol–water partition coefficient (Wildman–Crippen LogP) is 2.64. The third-order valence-electron chi connectivity index (χ3n) is 2.66. The average Bonchev–Trinajstić information content (AvgIpc) is 2.31. The van der Waals surface area contributed by atoms with E-state index in [4.69, 9.17) is 16.7 Å². The predicted molar refractivity (Wildman–Crippen MR) is 68.7 cm³/mol. The number of benzene rings is 1. The first-order valence-corrected chi connectivity index (χ1v) is 5.71. The number of halogens is 2. The number of carbonyl (C=O) groups is 1. The number of aromatic nitrogens is 1. The highest BCUT2D eigenvalue weighted by atomic mass is 35.5. The Kier molecular flexibility index (Phi) is 3.40. The molecule has 0 aliphatic heterocycles. The zero-order valence-corrected chi connectivity index (χ0v) is 10.6. The molecule has 0 fully saturated rings. The van der Waals surface area contributed by atoms with Gasteiger partial charge in [0, 0.05) is 5.69 Å². The van der Waals surface area contributed by atoms with Gasteiger partial charge < -0.3 is 5.11 Å². The second-order valence-electron chi connectivity index (χ2n) is 3.93. The molecule has 6 heteroatoms. The Bertz CT molecular complexity index is 724. The Morgan fingerprint density at radius 1 is 1.32 bits per heavy atom. The van der Waals surface area contributed by atoms with Crippen LogP contribution in [0.5, 0.6) is 0 Å². The van der Waals surface area contributed by atoms with Crippen LogP contribution in [0.25, 0.3) is 5.69 Å². The number of hydrogen-bond acceptors (Lipinski definition) is 2. The molecule has 1 N–H and O–H groups in total. The Balaban J connectivity index is 2.78. The zero-order valence-electron chi connectivity index (χ0n) is 9.85. The minimum atomic E-state index is -1.32. The molecule has 19 heavy (non-hydrogen) atoms. The maximum Gasteiger partial charge on any atom is 0.341 e. The summed E-state index contributed by atoms with van der Waals surface area (Å²) in [5.41, 5.74) is -0.329. The molecule has 0 aliphatic carbocycles. The van der Waals surface area contributed by atoms with E-state index in [1.807, 2.05) is 0 Å². The number of rotatable bonds is 2. The van der Waals surface area contributed by atoms with Gasteiger partial charge in [-0.25, -0.2) is 9.18 Å². The molecular formula is C13H9ClFNO3. The normalized spacial score (nSPS) is 10.5. The van der Waals surface area contributed by atoms with Crippen molar-refractivity contribution in [2.45, 2.75) is 6.92 Å². The number of hydrogen-bond donors (Lipinski definition) is 1. The van der Waals surface area contributed by atoms with Crippen LogP contribution >= 0.6 is 11.6 Å². The standard InChI is InChI=1S/C13H9ClFNO3/c1-7-2-4-9(13(18)19)12(17)16(7)11-5-3-8(15)6-10(11)14/h2-6H,1H3,(H,18,19). The van der Waals surface area contributed by atoms with Gasteiger partial charge in [0.1, 0.15) is 11.4 Å². The summed E-state index contributed by atoms with van der Waals surface area (Å²) in [7, 11) is 0. The van der Waals surface area contributed by atoms with E-state index in [1.54, 1.807) is 6.92 Å². The summed E-state index contributed by atoms with van der Waals surface area (Å²) < 4.78 is 14.1. The van der Waals surface area contributed by atoms with Crippen molar-refractivity contribution < 1.29 is 14.3 Å². The second-order valence-corrected chi connectivity index (χ2v) is 4.34. The van der Waals surface area contributed by atoms with Gasteiger partial charge in [-0.1, -0.05) is 11.6 Å². The van der Waals surface area contributed by atoms with Crippen LogP contribution in [-0.2, 0) is 0 Å². The van der Waals surface area contributed by atoms with E-state index in [0.717, 1.165) is 16.7 Å². The van der Waals surface area contributed by atoms with Gasteiger partial charge in [0.05, 0.1) is 10.7 Å². The van der Waals surface area contributed by atoms with E-state index in [0.29, 0.717) is 5.69 Å². The Morgan fingerprint density at radius 2 is 2.00 bits per heavy atom. The highest BCUT2D eigenvalue weighted by molar-refractivity contribution is 6.32. The Hall–Kier alpha value is -2.14. The van der Waals surface area contributed by atoms with Crippen molar-refractivity contribution in [1.82, 2.24) is 4.57 Å². The number of carboxylic acid groups (broad SMARTS) is 1. The summed E-state index contributed by atoms with van der Waals surface area (Å²) >= 11 is 5.89. The third kappa shape index (κ3) is 2.37. The van der Waals surface area contributed by atoms with Crippen LogP contribution in [0.4, 0.5) is 4.39 Å². The molecule has 0 amide bonds. The highest BCUT2D eigenvalue weighted by Gasteiger charge is 2.15. The number of aryl methyl sites for hydroxylation is 1. The molecule has 0 saturated heterocycles. The van der Waals surface area contributed by atoms with Crippen LogP contribution < -0.4 is 5.56 Å². The molecule has 0 unspecified atom stereocenters. The maximum atomic E-state index is 13.0. The molecule has 1 aromatic heterocycles. The van der Waals surface area contributed by atoms with Gasteiger partial charge >= 0.3 is 5.97 Å². The minimum Gasteiger partial charge on any atom is -0.477 e. The van der Waals surface area contributed by atoms with Crippen molar-refractivity contribution in [2.75, 3.05) is 0 Å². The lowest BCUT2D eigenvalue weighted by atomic mass is 10.2. The second kappa shape index (κ2) is 4.85. The monoisotopic (exact) mass is 281 g/mol. The summed E-state index contributed by atoms with van der Waals surface area (Å²) in [6.45, 7) is 1.63. The summed E-state index contributed by atoms with van der Waals surface area (Å²) in [6.07, 6.45) is 0. The first kappa shape index (κ1) is 13.3. The number of nitrogens with zero attached hydrogens (tertiary/aromatic N) is 1. The molecule has 0 bridgehead atoms. The van der Waals surface area contributed by atoms with Crippen molar-refractivity contribution in [3.63, 3.8) is 0 Å². The maximum absolute atomic E-state index is 13.0. The van der Waals surface area contributed by atoms with Gasteiger partial charge in [0.2, 0.25) is 0 Å².